The third kappa shape index (κ3) is 15.0. The Morgan fingerprint density at radius 3 is 1.52 bits per heavy atom. The number of benzene rings is 3. The van der Waals surface area contributed by atoms with Crippen molar-refractivity contribution in [3.8, 4) is 0 Å². The van der Waals surface area contributed by atoms with Crippen LogP contribution in [0.4, 0.5) is 0 Å². The Morgan fingerprint density at radius 1 is 0.600 bits per heavy atom. The van der Waals surface area contributed by atoms with Crippen LogP contribution in [0.3, 0.4) is 0 Å². The summed E-state index contributed by atoms with van der Waals surface area (Å²) >= 11 is 0. The van der Waals surface area contributed by atoms with Crippen molar-refractivity contribution >= 4 is 0 Å². The second-order valence-electron chi connectivity index (χ2n) is 15.4. The lowest BCUT2D eigenvalue weighted by Gasteiger charge is -2.29. The normalized spacial score (nSPS) is 12.5. The molecule has 6 nitrogen and oxygen atoms in total. The predicted molar refractivity (Wildman–Crippen MR) is 208 cm³/mol. The maximum atomic E-state index is 6.37. The lowest BCUT2D eigenvalue weighted by atomic mass is 9.96. The monoisotopic (exact) mass is 684 g/mol. The predicted octanol–water partition coefficient (Wildman–Crippen LogP) is 9.29. The molecule has 0 fully saturated rings. The Kier molecular flexibility index (Phi) is 16.1. The molecule has 0 aromatic heterocycles. The van der Waals surface area contributed by atoms with Gasteiger partial charge in [0, 0.05) is 46.6 Å². The summed E-state index contributed by atoms with van der Waals surface area (Å²) < 4.78 is 18.1. The van der Waals surface area contributed by atoms with Crippen molar-refractivity contribution in [2.75, 3.05) is 34.6 Å². The van der Waals surface area contributed by atoms with Crippen molar-refractivity contribution in [2.45, 2.75) is 110 Å². The number of methoxy groups -OCH3 is 1. The Balaban J connectivity index is 1.85. The van der Waals surface area contributed by atoms with Crippen molar-refractivity contribution in [2.24, 2.45) is 0 Å². The molecule has 0 N–H and O–H groups in total. The molecule has 3 aromatic rings. The maximum Gasteiger partial charge on any atom is 0.122 e. The molecule has 0 amide bonds. The number of ether oxygens (including phenoxy) is 3. The van der Waals surface area contributed by atoms with Gasteiger partial charge in [-0.2, -0.15) is 5.06 Å². The van der Waals surface area contributed by atoms with E-state index in [0.29, 0.717) is 13.3 Å². The minimum atomic E-state index is -0.337. The van der Waals surface area contributed by atoms with Crippen LogP contribution in [0.25, 0.3) is 0 Å². The van der Waals surface area contributed by atoms with Crippen molar-refractivity contribution in [1.29, 1.82) is 0 Å². The van der Waals surface area contributed by atoms with E-state index in [-0.39, 0.29) is 16.8 Å². The first-order valence-electron chi connectivity index (χ1n) is 17.9. The highest BCUT2D eigenvalue weighted by Gasteiger charge is 2.23. The smallest absolute Gasteiger partial charge is 0.122 e. The molecular weight excluding hydrogens is 620 g/mol. The molecule has 0 aliphatic rings. The topological polar surface area (TPSA) is 43.4 Å². The Morgan fingerprint density at radius 2 is 1.04 bits per heavy atom. The van der Waals surface area contributed by atoms with Gasteiger partial charge in [0.25, 0.3) is 0 Å². The summed E-state index contributed by atoms with van der Waals surface area (Å²) in [6.45, 7) is 24.3. The van der Waals surface area contributed by atoms with Gasteiger partial charge in [-0.05, 0) is 99.7 Å². The maximum absolute atomic E-state index is 6.37. The van der Waals surface area contributed by atoms with Crippen LogP contribution >= 0.6 is 0 Å². The molecule has 3 aromatic carbocycles. The average molecular weight is 685 g/mol. The van der Waals surface area contributed by atoms with Crippen LogP contribution in [0.1, 0.15) is 86.9 Å². The zero-order valence-corrected chi connectivity index (χ0v) is 32.5. The minimum absolute atomic E-state index is 0.193. The summed E-state index contributed by atoms with van der Waals surface area (Å²) in [5, 5.41) is 1.69. The molecule has 0 radical (unpaired) electrons. The molecule has 0 aliphatic heterocycles. The molecule has 3 rings (SSSR count). The highest BCUT2D eigenvalue weighted by atomic mass is 16.7. The molecule has 0 unspecified atom stereocenters. The summed E-state index contributed by atoms with van der Waals surface area (Å²) in [5.41, 5.74) is 8.18. The molecule has 0 aliphatic carbocycles. The zero-order chi connectivity index (χ0) is 36.8. The van der Waals surface area contributed by atoms with Gasteiger partial charge in [0.1, 0.15) is 6.73 Å². The number of hydroxylamine groups is 2. The van der Waals surface area contributed by atoms with Crippen LogP contribution in [0.15, 0.2) is 92.0 Å². The molecule has 50 heavy (non-hydrogen) atoms. The Bertz CT molecular complexity index is 1470. The van der Waals surface area contributed by atoms with Gasteiger partial charge in [0.15, 0.2) is 0 Å². The van der Waals surface area contributed by atoms with Crippen LogP contribution in [0.5, 0.6) is 0 Å². The molecule has 0 saturated heterocycles. The number of hydrogen-bond acceptors (Lipinski definition) is 6. The van der Waals surface area contributed by atoms with E-state index >= 15 is 0 Å². The third-order valence-corrected chi connectivity index (χ3v) is 9.03. The molecule has 0 atom stereocenters. The van der Waals surface area contributed by atoms with Gasteiger partial charge in [-0.15, -0.1) is 13.2 Å². The van der Waals surface area contributed by atoms with Crippen molar-refractivity contribution < 1.29 is 19.0 Å². The first kappa shape index (κ1) is 41.3. The van der Waals surface area contributed by atoms with Gasteiger partial charge in [0.05, 0.1) is 30.5 Å². The van der Waals surface area contributed by atoms with Crippen LogP contribution in [0, 0.1) is 0 Å². The van der Waals surface area contributed by atoms with E-state index in [1.165, 1.54) is 38.9 Å². The van der Waals surface area contributed by atoms with Gasteiger partial charge < -0.3 is 19.0 Å². The van der Waals surface area contributed by atoms with E-state index in [0.717, 1.165) is 51.7 Å². The molecule has 0 spiro atoms. The summed E-state index contributed by atoms with van der Waals surface area (Å²) in [6, 6.07) is 24.9. The van der Waals surface area contributed by atoms with E-state index in [4.69, 9.17) is 19.0 Å². The number of hydrogen-bond donors (Lipinski definition) is 0. The quantitative estimate of drug-likeness (QED) is 0.0564. The van der Waals surface area contributed by atoms with Crippen LogP contribution in [0.2, 0.25) is 0 Å². The molecule has 0 saturated carbocycles. The summed E-state index contributed by atoms with van der Waals surface area (Å²) in [4.78, 5) is 7.79. The fraction of sp³-hybridized carbons (Fsp3) is 0.500. The van der Waals surface area contributed by atoms with E-state index in [9.17, 15) is 0 Å². The largest absolute Gasteiger partial charge is 0.379 e. The SMILES string of the molecule is C=CCc1cc(CC=C)cc(CN(Cc2cccc(CC(C)(C)OCCC(C)(C)OC)c2)Cc2cccc(CC(C)(C)OCN(C)OC)c2)c1. The molecule has 6 heteroatoms. The lowest BCUT2D eigenvalue weighted by Crippen LogP contribution is -2.33. The second kappa shape index (κ2) is 19.5. The number of nitrogens with zero attached hydrogens (tertiary/aromatic N) is 2. The van der Waals surface area contributed by atoms with Gasteiger partial charge in [-0.1, -0.05) is 78.9 Å². The zero-order valence-electron chi connectivity index (χ0n) is 32.5. The van der Waals surface area contributed by atoms with Crippen LogP contribution in [-0.2, 0) is 64.4 Å². The fourth-order valence-corrected chi connectivity index (χ4v) is 6.20. The van der Waals surface area contributed by atoms with Gasteiger partial charge >= 0.3 is 0 Å². The second-order valence-corrected chi connectivity index (χ2v) is 15.4. The summed E-state index contributed by atoms with van der Waals surface area (Å²) in [7, 11) is 5.28. The Hall–Kier alpha value is -3.10. The third-order valence-electron chi connectivity index (χ3n) is 9.03. The number of rotatable bonds is 23. The van der Waals surface area contributed by atoms with Crippen LogP contribution in [-0.4, -0.2) is 61.4 Å². The Labute approximate surface area is 304 Å². The highest BCUT2D eigenvalue weighted by molar-refractivity contribution is 5.33. The molecule has 274 valence electrons. The van der Waals surface area contributed by atoms with Gasteiger partial charge in [-0.25, -0.2) is 0 Å². The summed E-state index contributed by atoms with van der Waals surface area (Å²) in [5.74, 6) is 0. The van der Waals surface area contributed by atoms with Gasteiger partial charge in [0.2, 0.25) is 0 Å². The fourth-order valence-electron chi connectivity index (χ4n) is 6.20. The molecule has 0 bridgehead atoms. The first-order valence-corrected chi connectivity index (χ1v) is 17.9. The van der Waals surface area contributed by atoms with E-state index < -0.39 is 0 Å². The van der Waals surface area contributed by atoms with Crippen molar-refractivity contribution in [3.63, 3.8) is 0 Å². The first-order chi connectivity index (χ1) is 23.6. The van der Waals surface area contributed by atoms with Gasteiger partial charge in [-0.3, -0.25) is 4.90 Å². The van der Waals surface area contributed by atoms with E-state index in [2.05, 4.69) is 126 Å². The molecule has 0 heterocycles. The minimum Gasteiger partial charge on any atom is -0.379 e. The van der Waals surface area contributed by atoms with Crippen molar-refractivity contribution in [1.82, 2.24) is 9.96 Å². The molecular formula is C44H64N2O4. The summed E-state index contributed by atoms with van der Waals surface area (Å²) in [6.07, 6.45) is 8.14. The van der Waals surface area contributed by atoms with Crippen LogP contribution < -0.4 is 0 Å². The number of allylic oxidation sites excluding steroid dienone is 2. The lowest BCUT2D eigenvalue weighted by molar-refractivity contribution is -0.198. The standard InChI is InChI=1S/C44H64N2O4/c1-12-16-35-24-36(17-13-2)26-41(25-35)33-46(32-40-21-15-19-38(28-40)30-44(7,8)50-34-45(9)48-11)31-39-20-14-18-37(27-39)29-43(5,6)49-23-22-42(3,4)47-10/h12-15,18-21,24-28H,1-2,16-17,22-23,29-34H2,3-11H3. The van der Waals surface area contributed by atoms with E-state index in [1.807, 2.05) is 19.2 Å². The van der Waals surface area contributed by atoms with E-state index in [1.54, 1.807) is 19.3 Å². The van der Waals surface area contributed by atoms with Crippen molar-refractivity contribution in [3.05, 3.63) is 131 Å². The average Bonchev–Trinajstić information content (AvgIpc) is 3.03. The highest BCUT2D eigenvalue weighted by Crippen LogP contribution is 2.24.